The molecule has 1 amide bonds. The highest BCUT2D eigenvalue weighted by Crippen LogP contribution is 2.26. The van der Waals surface area contributed by atoms with Crippen molar-refractivity contribution in [2.24, 2.45) is 0 Å². The van der Waals surface area contributed by atoms with E-state index in [0.29, 0.717) is 28.7 Å². The summed E-state index contributed by atoms with van der Waals surface area (Å²) < 4.78 is 11.1. The molecule has 0 aliphatic heterocycles. The van der Waals surface area contributed by atoms with Crippen molar-refractivity contribution in [3.63, 3.8) is 0 Å². The number of nitrogen functional groups attached to an aromatic ring is 1. The first kappa shape index (κ1) is 20.0. The van der Waals surface area contributed by atoms with Gasteiger partial charge in [-0.2, -0.15) is 0 Å². The molecule has 7 nitrogen and oxygen atoms in total. The normalized spacial score (nSPS) is 10.9. The van der Waals surface area contributed by atoms with Crippen LogP contribution in [0.4, 0.5) is 27.7 Å². The van der Waals surface area contributed by atoms with Gasteiger partial charge >= 0.3 is 6.09 Å². The summed E-state index contributed by atoms with van der Waals surface area (Å²) in [6.07, 6.45) is 1.18. The van der Waals surface area contributed by atoms with Crippen molar-refractivity contribution in [2.75, 3.05) is 16.4 Å². The Morgan fingerprint density at radius 3 is 2.07 bits per heavy atom. The zero-order chi connectivity index (χ0) is 20.9. The van der Waals surface area contributed by atoms with Crippen LogP contribution in [0.15, 0.2) is 66.9 Å². The van der Waals surface area contributed by atoms with Gasteiger partial charge in [-0.05, 0) is 81.4 Å². The van der Waals surface area contributed by atoms with E-state index >= 15 is 0 Å². The van der Waals surface area contributed by atoms with Gasteiger partial charge < -0.3 is 20.5 Å². The maximum atomic E-state index is 11.8. The molecular formula is C22H24N4O3. The summed E-state index contributed by atoms with van der Waals surface area (Å²) in [7, 11) is 0. The van der Waals surface area contributed by atoms with Crippen molar-refractivity contribution in [1.29, 1.82) is 0 Å². The highest BCUT2D eigenvalue weighted by Gasteiger charge is 2.16. The number of ether oxygens (including phenoxy) is 2. The summed E-state index contributed by atoms with van der Waals surface area (Å²) in [6, 6.07) is 18.0. The largest absolute Gasteiger partial charge is 0.457 e. The van der Waals surface area contributed by atoms with Crippen molar-refractivity contribution in [1.82, 2.24) is 4.98 Å². The zero-order valence-corrected chi connectivity index (χ0v) is 16.6. The highest BCUT2D eigenvalue weighted by molar-refractivity contribution is 5.84. The number of amides is 1. The summed E-state index contributed by atoms with van der Waals surface area (Å²) in [5.74, 6) is 1.93. The minimum absolute atomic E-state index is 0.497. The molecule has 150 valence electrons. The van der Waals surface area contributed by atoms with Crippen LogP contribution in [0.5, 0.6) is 11.5 Å². The number of hydrogen-bond acceptors (Lipinski definition) is 6. The third-order valence-electron chi connectivity index (χ3n) is 3.69. The lowest BCUT2D eigenvalue weighted by Crippen LogP contribution is -2.27. The molecule has 1 heterocycles. The molecule has 0 saturated carbocycles. The van der Waals surface area contributed by atoms with Crippen LogP contribution in [-0.4, -0.2) is 16.7 Å². The van der Waals surface area contributed by atoms with Crippen molar-refractivity contribution >= 4 is 29.0 Å². The van der Waals surface area contributed by atoms with Crippen molar-refractivity contribution in [3.05, 3.63) is 66.9 Å². The number of nitrogens with two attached hydrogens (primary N) is 1. The van der Waals surface area contributed by atoms with E-state index in [1.807, 2.05) is 45.0 Å². The molecule has 2 aromatic carbocycles. The van der Waals surface area contributed by atoms with Crippen LogP contribution in [0, 0.1) is 0 Å². The van der Waals surface area contributed by atoms with E-state index in [2.05, 4.69) is 15.6 Å². The Kier molecular flexibility index (Phi) is 5.87. The predicted octanol–water partition coefficient (Wildman–Crippen LogP) is 5.55. The monoisotopic (exact) mass is 392 g/mol. The van der Waals surface area contributed by atoms with Gasteiger partial charge in [-0.15, -0.1) is 0 Å². The van der Waals surface area contributed by atoms with Crippen LogP contribution in [0.3, 0.4) is 0 Å². The Morgan fingerprint density at radius 1 is 0.931 bits per heavy atom. The molecule has 0 unspecified atom stereocenters. The van der Waals surface area contributed by atoms with E-state index in [1.165, 1.54) is 0 Å². The highest BCUT2D eigenvalue weighted by atomic mass is 16.6. The number of rotatable bonds is 5. The third kappa shape index (κ3) is 6.14. The number of pyridine rings is 1. The Bertz CT molecular complexity index is 965. The second kappa shape index (κ2) is 8.52. The summed E-state index contributed by atoms with van der Waals surface area (Å²) in [5.41, 5.74) is 7.39. The quantitative estimate of drug-likeness (QED) is 0.527. The number of nitrogens with zero attached hydrogens (tertiary/aromatic N) is 1. The van der Waals surface area contributed by atoms with E-state index < -0.39 is 11.7 Å². The third-order valence-corrected chi connectivity index (χ3v) is 3.69. The molecular weight excluding hydrogens is 368 g/mol. The maximum absolute atomic E-state index is 11.8. The smallest absolute Gasteiger partial charge is 0.412 e. The van der Waals surface area contributed by atoms with Gasteiger partial charge in [-0.25, -0.2) is 9.78 Å². The van der Waals surface area contributed by atoms with Crippen molar-refractivity contribution < 1.29 is 14.3 Å². The van der Waals surface area contributed by atoms with Gasteiger partial charge in [0.15, 0.2) is 5.82 Å². The van der Waals surface area contributed by atoms with Gasteiger partial charge in [0.2, 0.25) is 0 Å². The molecule has 4 N–H and O–H groups in total. The lowest BCUT2D eigenvalue weighted by molar-refractivity contribution is 0.0636. The lowest BCUT2D eigenvalue weighted by Gasteiger charge is -2.19. The molecule has 3 aromatic rings. The topological polar surface area (TPSA) is 98.5 Å². The van der Waals surface area contributed by atoms with Gasteiger partial charge in [0.1, 0.15) is 17.1 Å². The average Bonchev–Trinajstić information content (AvgIpc) is 2.65. The molecule has 0 aliphatic rings. The number of benzene rings is 2. The Morgan fingerprint density at radius 2 is 1.52 bits per heavy atom. The molecule has 7 heteroatoms. The molecule has 29 heavy (non-hydrogen) atoms. The first-order valence-electron chi connectivity index (χ1n) is 9.14. The van der Waals surface area contributed by atoms with E-state index in [0.717, 1.165) is 5.69 Å². The molecule has 0 fully saturated rings. The summed E-state index contributed by atoms with van der Waals surface area (Å²) >= 11 is 0. The lowest BCUT2D eigenvalue weighted by atomic mass is 10.2. The van der Waals surface area contributed by atoms with Crippen LogP contribution >= 0.6 is 0 Å². The van der Waals surface area contributed by atoms with E-state index in [1.54, 1.807) is 42.6 Å². The summed E-state index contributed by atoms with van der Waals surface area (Å²) in [5, 5.41) is 5.84. The zero-order valence-electron chi connectivity index (χ0n) is 16.6. The van der Waals surface area contributed by atoms with Crippen LogP contribution in [0.2, 0.25) is 0 Å². The number of anilines is 4. The van der Waals surface area contributed by atoms with E-state index in [9.17, 15) is 4.79 Å². The Hall–Kier alpha value is -3.74. The molecule has 0 atom stereocenters. The number of aromatic nitrogens is 1. The van der Waals surface area contributed by atoms with Gasteiger partial charge in [0, 0.05) is 17.6 Å². The predicted molar refractivity (Wildman–Crippen MR) is 115 cm³/mol. The molecule has 1 aromatic heterocycles. The number of carbonyl (C=O) groups is 1. The molecule has 3 rings (SSSR count). The minimum Gasteiger partial charge on any atom is -0.457 e. The van der Waals surface area contributed by atoms with Gasteiger partial charge in [-0.3, -0.25) is 5.32 Å². The first-order valence-corrected chi connectivity index (χ1v) is 9.14. The van der Waals surface area contributed by atoms with Gasteiger partial charge in [0.05, 0.1) is 5.69 Å². The number of nitrogens with one attached hydrogen (secondary N) is 2. The number of carbonyl (C=O) groups excluding carboxylic acids is 1. The van der Waals surface area contributed by atoms with E-state index in [4.69, 9.17) is 15.2 Å². The average molecular weight is 392 g/mol. The van der Waals surface area contributed by atoms with Crippen LogP contribution < -0.4 is 21.1 Å². The first-order chi connectivity index (χ1) is 13.8. The van der Waals surface area contributed by atoms with Crippen LogP contribution in [0.1, 0.15) is 20.8 Å². The van der Waals surface area contributed by atoms with Crippen molar-refractivity contribution in [3.8, 4) is 11.5 Å². The second-order valence-electron chi connectivity index (χ2n) is 7.34. The molecule has 0 radical (unpaired) electrons. The van der Waals surface area contributed by atoms with E-state index in [-0.39, 0.29) is 0 Å². The number of hydrogen-bond donors (Lipinski definition) is 3. The SMILES string of the molecule is CC(C)(C)OC(=O)Nc1ccc(Oc2ccc(Nc3ncccc3N)cc2)cc1. The fraction of sp³-hybridized carbons (Fsp3) is 0.182. The Balaban J connectivity index is 1.57. The van der Waals surface area contributed by atoms with Gasteiger partial charge in [-0.1, -0.05) is 0 Å². The standard InChI is InChI=1S/C22H24N4O3/c1-22(2,3)29-21(27)26-16-8-12-18(13-9-16)28-17-10-6-15(7-11-17)25-20-19(23)5-4-14-24-20/h4-14H,23H2,1-3H3,(H,24,25)(H,26,27). The van der Waals surface area contributed by atoms with Gasteiger partial charge in [0.25, 0.3) is 0 Å². The maximum Gasteiger partial charge on any atom is 0.412 e. The fourth-order valence-electron chi connectivity index (χ4n) is 2.43. The second-order valence-corrected chi connectivity index (χ2v) is 7.34. The Labute approximate surface area is 169 Å². The summed E-state index contributed by atoms with van der Waals surface area (Å²) in [6.45, 7) is 5.45. The van der Waals surface area contributed by atoms with Crippen LogP contribution in [-0.2, 0) is 4.74 Å². The van der Waals surface area contributed by atoms with Crippen molar-refractivity contribution in [2.45, 2.75) is 26.4 Å². The summed E-state index contributed by atoms with van der Waals surface area (Å²) in [4.78, 5) is 16.0. The molecule has 0 aliphatic carbocycles. The van der Waals surface area contributed by atoms with Crippen LogP contribution in [0.25, 0.3) is 0 Å². The molecule has 0 saturated heterocycles. The molecule has 0 bridgehead atoms. The molecule has 0 spiro atoms. The minimum atomic E-state index is -0.545. The fourth-order valence-corrected chi connectivity index (χ4v) is 2.43.